The third-order valence-electron chi connectivity index (χ3n) is 2.56. The molecule has 16 heavy (non-hydrogen) atoms. The lowest BCUT2D eigenvalue weighted by molar-refractivity contribution is 0.200. The number of phenolic OH excluding ortho intramolecular Hbond substituents is 1. The largest absolute Gasteiger partial charge is 0.508 e. The molecule has 0 aliphatic rings. The summed E-state index contributed by atoms with van der Waals surface area (Å²) in [4.78, 5) is 0. The fourth-order valence-electron chi connectivity index (χ4n) is 1.36. The first-order valence-corrected chi connectivity index (χ1v) is 6.74. The van der Waals surface area contributed by atoms with E-state index in [9.17, 15) is 5.11 Å². The predicted octanol–water partition coefficient (Wildman–Crippen LogP) is 2.83. The summed E-state index contributed by atoms with van der Waals surface area (Å²) in [6, 6.07) is 7.02. The first-order chi connectivity index (χ1) is 7.61. The molecule has 3 heteroatoms. The van der Waals surface area contributed by atoms with Crippen LogP contribution >= 0.6 is 11.8 Å². The molecule has 0 aliphatic carbocycles. The Labute approximate surface area is 102 Å². The van der Waals surface area contributed by atoms with Gasteiger partial charge in [-0.1, -0.05) is 26.0 Å². The Kier molecular flexibility index (Phi) is 5.71. The van der Waals surface area contributed by atoms with E-state index in [0.29, 0.717) is 11.7 Å². The van der Waals surface area contributed by atoms with Crippen LogP contribution in [0.1, 0.15) is 25.8 Å². The number of thioether (sulfide) groups is 1. The SMILES string of the molecule is CCC(C)SCC(O)Cc1ccc(O)cc1. The van der Waals surface area contributed by atoms with E-state index < -0.39 is 0 Å². The Balaban J connectivity index is 2.33. The summed E-state index contributed by atoms with van der Waals surface area (Å²) < 4.78 is 0. The van der Waals surface area contributed by atoms with Gasteiger partial charge in [0, 0.05) is 11.0 Å². The molecule has 0 spiro atoms. The summed E-state index contributed by atoms with van der Waals surface area (Å²) in [5.41, 5.74) is 1.06. The Hall–Kier alpha value is -0.670. The van der Waals surface area contributed by atoms with E-state index in [1.54, 1.807) is 12.1 Å². The van der Waals surface area contributed by atoms with E-state index in [4.69, 9.17) is 5.11 Å². The molecule has 0 aliphatic heterocycles. The van der Waals surface area contributed by atoms with Gasteiger partial charge in [-0.05, 0) is 30.5 Å². The van der Waals surface area contributed by atoms with Crippen LogP contribution in [0.15, 0.2) is 24.3 Å². The molecule has 90 valence electrons. The molecule has 0 saturated carbocycles. The number of rotatable bonds is 6. The van der Waals surface area contributed by atoms with Gasteiger partial charge in [0.2, 0.25) is 0 Å². The third-order valence-corrected chi connectivity index (χ3v) is 4.04. The van der Waals surface area contributed by atoms with Crippen LogP contribution < -0.4 is 0 Å². The van der Waals surface area contributed by atoms with Crippen molar-refractivity contribution in [3.05, 3.63) is 29.8 Å². The Morgan fingerprint density at radius 2 is 1.88 bits per heavy atom. The van der Waals surface area contributed by atoms with E-state index in [-0.39, 0.29) is 11.9 Å². The minimum atomic E-state index is -0.302. The highest BCUT2D eigenvalue weighted by Gasteiger charge is 2.08. The fourth-order valence-corrected chi connectivity index (χ4v) is 2.26. The zero-order chi connectivity index (χ0) is 12.0. The number of benzene rings is 1. The van der Waals surface area contributed by atoms with Gasteiger partial charge in [0.1, 0.15) is 5.75 Å². The Bertz CT molecular complexity index is 297. The molecule has 1 rings (SSSR count). The van der Waals surface area contributed by atoms with E-state index in [0.717, 1.165) is 17.7 Å². The van der Waals surface area contributed by atoms with Gasteiger partial charge < -0.3 is 10.2 Å². The monoisotopic (exact) mass is 240 g/mol. The number of hydrogen-bond donors (Lipinski definition) is 2. The van der Waals surface area contributed by atoms with Gasteiger partial charge >= 0.3 is 0 Å². The minimum absolute atomic E-state index is 0.271. The topological polar surface area (TPSA) is 40.5 Å². The van der Waals surface area contributed by atoms with Gasteiger partial charge in [-0.2, -0.15) is 11.8 Å². The lowest BCUT2D eigenvalue weighted by Crippen LogP contribution is -2.15. The second-order valence-corrected chi connectivity index (χ2v) is 5.55. The highest BCUT2D eigenvalue weighted by atomic mass is 32.2. The van der Waals surface area contributed by atoms with E-state index >= 15 is 0 Å². The van der Waals surface area contributed by atoms with E-state index in [1.807, 2.05) is 23.9 Å². The van der Waals surface area contributed by atoms with E-state index in [2.05, 4.69) is 13.8 Å². The van der Waals surface area contributed by atoms with Crippen LogP contribution in [0, 0.1) is 0 Å². The van der Waals surface area contributed by atoms with Crippen molar-refractivity contribution in [3.8, 4) is 5.75 Å². The zero-order valence-electron chi connectivity index (χ0n) is 9.89. The van der Waals surface area contributed by atoms with Crippen molar-refractivity contribution >= 4 is 11.8 Å². The minimum Gasteiger partial charge on any atom is -0.508 e. The molecular weight excluding hydrogens is 220 g/mol. The van der Waals surface area contributed by atoms with Crippen molar-refractivity contribution in [3.63, 3.8) is 0 Å². The van der Waals surface area contributed by atoms with E-state index in [1.165, 1.54) is 0 Å². The molecule has 1 aromatic carbocycles. The van der Waals surface area contributed by atoms with Gasteiger partial charge in [-0.3, -0.25) is 0 Å². The van der Waals surface area contributed by atoms with Crippen molar-refractivity contribution < 1.29 is 10.2 Å². The first-order valence-electron chi connectivity index (χ1n) is 5.69. The van der Waals surface area contributed by atoms with Crippen molar-refractivity contribution in [2.45, 2.75) is 38.0 Å². The quantitative estimate of drug-likeness (QED) is 0.803. The van der Waals surface area contributed by atoms with Crippen LogP contribution in [-0.2, 0) is 6.42 Å². The first kappa shape index (κ1) is 13.4. The molecule has 0 saturated heterocycles. The lowest BCUT2D eigenvalue weighted by atomic mass is 10.1. The number of aliphatic hydroxyl groups excluding tert-OH is 1. The maximum atomic E-state index is 9.83. The average Bonchev–Trinajstić information content (AvgIpc) is 2.29. The highest BCUT2D eigenvalue weighted by molar-refractivity contribution is 7.99. The Morgan fingerprint density at radius 1 is 1.25 bits per heavy atom. The molecule has 2 atom stereocenters. The molecule has 2 unspecified atom stereocenters. The molecule has 0 amide bonds. The number of phenols is 1. The lowest BCUT2D eigenvalue weighted by Gasteiger charge is -2.13. The molecule has 1 aromatic rings. The second kappa shape index (κ2) is 6.81. The van der Waals surface area contributed by atoms with Crippen LogP contribution in [0.25, 0.3) is 0 Å². The average molecular weight is 240 g/mol. The summed E-state index contributed by atoms with van der Waals surface area (Å²) >= 11 is 1.81. The van der Waals surface area contributed by atoms with Crippen LogP contribution in [0.3, 0.4) is 0 Å². The predicted molar refractivity (Wildman–Crippen MR) is 70.0 cm³/mol. The zero-order valence-corrected chi connectivity index (χ0v) is 10.7. The third kappa shape index (κ3) is 4.90. The molecule has 0 radical (unpaired) electrons. The fraction of sp³-hybridized carbons (Fsp3) is 0.538. The summed E-state index contributed by atoms with van der Waals surface area (Å²) in [7, 11) is 0. The molecule has 0 fully saturated rings. The highest BCUT2D eigenvalue weighted by Crippen LogP contribution is 2.17. The van der Waals surface area contributed by atoms with Crippen LogP contribution in [0.5, 0.6) is 5.75 Å². The van der Waals surface area contributed by atoms with Gasteiger partial charge in [0.05, 0.1) is 6.10 Å². The number of hydrogen-bond acceptors (Lipinski definition) is 3. The van der Waals surface area contributed by atoms with Crippen LogP contribution in [-0.4, -0.2) is 27.3 Å². The summed E-state index contributed by atoms with van der Waals surface area (Å²) in [5.74, 6) is 1.04. The van der Waals surface area contributed by atoms with Gasteiger partial charge in [0.25, 0.3) is 0 Å². The maximum absolute atomic E-state index is 9.83. The summed E-state index contributed by atoms with van der Waals surface area (Å²) in [5, 5.41) is 19.6. The van der Waals surface area contributed by atoms with Crippen molar-refractivity contribution in [1.29, 1.82) is 0 Å². The van der Waals surface area contributed by atoms with Crippen LogP contribution in [0.2, 0.25) is 0 Å². The maximum Gasteiger partial charge on any atom is 0.115 e. The standard InChI is InChI=1S/C13H20O2S/c1-3-10(2)16-9-13(15)8-11-4-6-12(14)7-5-11/h4-7,10,13-15H,3,8-9H2,1-2H3. The molecule has 0 aromatic heterocycles. The summed E-state index contributed by atoms with van der Waals surface area (Å²) in [6.07, 6.45) is 1.49. The van der Waals surface area contributed by atoms with Gasteiger partial charge in [-0.15, -0.1) is 0 Å². The van der Waals surface area contributed by atoms with Crippen molar-refractivity contribution in [2.75, 3.05) is 5.75 Å². The number of aliphatic hydroxyl groups is 1. The smallest absolute Gasteiger partial charge is 0.115 e. The Morgan fingerprint density at radius 3 is 2.44 bits per heavy atom. The molecule has 2 nitrogen and oxygen atoms in total. The molecule has 0 heterocycles. The van der Waals surface area contributed by atoms with Crippen molar-refractivity contribution in [1.82, 2.24) is 0 Å². The van der Waals surface area contributed by atoms with Gasteiger partial charge in [-0.25, -0.2) is 0 Å². The molecule has 0 bridgehead atoms. The normalized spacial score (nSPS) is 14.7. The van der Waals surface area contributed by atoms with Crippen molar-refractivity contribution in [2.24, 2.45) is 0 Å². The van der Waals surface area contributed by atoms with Crippen LogP contribution in [0.4, 0.5) is 0 Å². The molecule has 2 N–H and O–H groups in total. The summed E-state index contributed by atoms with van der Waals surface area (Å²) in [6.45, 7) is 4.34. The van der Waals surface area contributed by atoms with Gasteiger partial charge in [0.15, 0.2) is 0 Å². The number of aromatic hydroxyl groups is 1. The molecular formula is C13H20O2S. The second-order valence-electron chi connectivity index (χ2n) is 4.08.